The molecule has 3 heteroatoms. The van der Waals surface area contributed by atoms with Crippen LogP contribution in [0.25, 0.3) is 0 Å². The fourth-order valence-corrected chi connectivity index (χ4v) is 2.73. The average Bonchev–Trinajstić information content (AvgIpc) is 2.71. The second-order valence-corrected chi connectivity index (χ2v) is 6.13. The van der Waals surface area contributed by atoms with Crippen LogP contribution in [0.1, 0.15) is 23.1 Å². The van der Waals surface area contributed by atoms with E-state index in [4.69, 9.17) is 4.74 Å². The van der Waals surface area contributed by atoms with Crippen LogP contribution >= 0.6 is 0 Å². The Hall–Kier alpha value is -3.07. The molecule has 3 aromatic rings. The van der Waals surface area contributed by atoms with Crippen LogP contribution in [0.4, 0.5) is 0 Å². The molecule has 0 radical (unpaired) electrons. The maximum absolute atomic E-state index is 12.1. The van der Waals surface area contributed by atoms with Gasteiger partial charge in [0.15, 0.2) is 0 Å². The number of amides is 1. The van der Waals surface area contributed by atoms with E-state index >= 15 is 0 Å². The van der Waals surface area contributed by atoms with E-state index in [2.05, 4.69) is 5.32 Å². The molecule has 3 aromatic carbocycles. The van der Waals surface area contributed by atoms with Crippen molar-refractivity contribution >= 4 is 5.91 Å². The molecule has 0 fully saturated rings. The summed E-state index contributed by atoms with van der Waals surface area (Å²) in [5, 5.41) is 3.01. The number of para-hydroxylation sites is 1. The van der Waals surface area contributed by atoms with Crippen LogP contribution in [0.2, 0.25) is 0 Å². The van der Waals surface area contributed by atoms with Gasteiger partial charge in [-0.25, -0.2) is 0 Å². The Kier molecular flexibility index (Phi) is 6.43. The van der Waals surface area contributed by atoms with Gasteiger partial charge in [0.25, 0.3) is 0 Å². The second kappa shape index (κ2) is 9.42. The van der Waals surface area contributed by atoms with Crippen LogP contribution in [0.3, 0.4) is 0 Å². The number of hydrogen-bond donors (Lipinski definition) is 1. The topological polar surface area (TPSA) is 38.3 Å². The third-order valence-electron chi connectivity index (χ3n) is 4.22. The van der Waals surface area contributed by atoms with Crippen LogP contribution in [0.5, 0.6) is 5.75 Å². The van der Waals surface area contributed by atoms with Crippen LogP contribution < -0.4 is 10.1 Å². The molecule has 0 bridgehead atoms. The molecule has 0 heterocycles. The zero-order valence-corrected chi connectivity index (χ0v) is 14.7. The van der Waals surface area contributed by atoms with Crippen LogP contribution in [-0.2, 0) is 24.4 Å². The van der Waals surface area contributed by atoms with Crippen molar-refractivity contribution in [2.45, 2.75) is 26.0 Å². The molecule has 0 aliphatic heterocycles. The van der Waals surface area contributed by atoms with Crippen LogP contribution in [-0.4, -0.2) is 5.91 Å². The van der Waals surface area contributed by atoms with Crippen molar-refractivity contribution in [2.75, 3.05) is 0 Å². The summed E-state index contributed by atoms with van der Waals surface area (Å²) in [5.74, 6) is 0.904. The molecule has 132 valence electrons. The third-order valence-corrected chi connectivity index (χ3v) is 4.22. The summed E-state index contributed by atoms with van der Waals surface area (Å²) in [5.41, 5.74) is 3.34. The first-order valence-corrected chi connectivity index (χ1v) is 8.86. The molecule has 0 saturated heterocycles. The number of rotatable bonds is 8. The maximum Gasteiger partial charge on any atom is 0.220 e. The van der Waals surface area contributed by atoms with E-state index in [1.165, 1.54) is 5.56 Å². The number of hydrogen-bond acceptors (Lipinski definition) is 2. The highest BCUT2D eigenvalue weighted by atomic mass is 16.5. The Morgan fingerprint density at radius 1 is 0.769 bits per heavy atom. The monoisotopic (exact) mass is 345 g/mol. The minimum absolute atomic E-state index is 0.0626. The molecule has 26 heavy (non-hydrogen) atoms. The van der Waals surface area contributed by atoms with Gasteiger partial charge in [0.1, 0.15) is 12.4 Å². The summed E-state index contributed by atoms with van der Waals surface area (Å²) in [6, 6.07) is 27.9. The SMILES string of the molecule is O=C(CCc1ccccc1)NCc1ccccc1COc1ccccc1. The van der Waals surface area contributed by atoms with E-state index in [1.54, 1.807) is 0 Å². The summed E-state index contributed by atoms with van der Waals surface area (Å²) in [4.78, 5) is 12.1. The Morgan fingerprint density at radius 3 is 2.12 bits per heavy atom. The van der Waals surface area contributed by atoms with E-state index in [9.17, 15) is 4.79 Å². The average molecular weight is 345 g/mol. The van der Waals surface area contributed by atoms with E-state index < -0.39 is 0 Å². The highest BCUT2D eigenvalue weighted by Gasteiger charge is 2.06. The molecule has 3 rings (SSSR count). The molecule has 0 aliphatic carbocycles. The molecule has 0 aliphatic rings. The van der Waals surface area contributed by atoms with Crippen molar-refractivity contribution in [3.05, 3.63) is 102 Å². The number of benzene rings is 3. The number of ether oxygens (including phenoxy) is 1. The van der Waals surface area contributed by atoms with Gasteiger partial charge in [-0.05, 0) is 35.2 Å². The van der Waals surface area contributed by atoms with Gasteiger partial charge in [-0.2, -0.15) is 0 Å². The Morgan fingerprint density at radius 2 is 1.38 bits per heavy atom. The van der Waals surface area contributed by atoms with E-state index in [-0.39, 0.29) is 5.91 Å². The summed E-state index contributed by atoms with van der Waals surface area (Å²) >= 11 is 0. The molecule has 3 nitrogen and oxygen atoms in total. The van der Waals surface area contributed by atoms with Crippen molar-refractivity contribution in [1.29, 1.82) is 0 Å². The predicted octanol–water partition coefficient (Wildman–Crippen LogP) is 4.51. The van der Waals surface area contributed by atoms with Gasteiger partial charge in [0.05, 0.1) is 0 Å². The van der Waals surface area contributed by atoms with Crippen LogP contribution in [0, 0.1) is 0 Å². The minimum atomic E-state index is 0.0626. The quantitative estimate of drug-likeness (QED) is 0.652. The Balaban J connectivity index is 1.50. The summed E-state index contributed by atoms with van der Waals surface area (Å²) < 4.78 is 5.83. The third kappa shape index (κ3) is 5.49. The first-order valence-electron chi connectivity index (χ1n) is 8.86. The zero-order chi connectivity index (χ0) is 18.0. The Labute approximate surface area is 154 Å². The van der Waals surface area contributed by atoms with Crippen LogP contribution in [0.15, 0.2) is 84.9 Å². The summed E-state index contributed by atoms with van der Waals surface area (Å²) in [6.07, 6.45) is 1.25. The molecular formula is C23H23NO2. The maximum atomic E-state index is 12.1. The normalized spacial score (nSPS) is 10.3. The lowest BCUT2D eigenvalue weighted by Crippen LogP contribution is -2.23. The summed E-state index contributed by atoms with van der Waals surface area (Å²) in [6.45, 7) is 1.00. The lowest BCUT2D eigenvalue weighted by atomic mass is 10.1. The molecule has 0 unspecified atom stereocenters. The lowest BCUT2D eigenvalue weighted by Gasteiger charge is -2.12. The Bertz CT molecular complexity index is 816. The van der Waals surface area contributed by atoms with Gasteiger partial charge in [0.2, 0.25) is 5.91 Å². The first kappa shape index (κ1) is 17.7. The highest BCUT2D eigenvalue weighted by Crippen LogP contribution is 2.14. The summed E-state index contributed by atoms with van der Waals surface area (Å²) in [7, 11) is 0. The van der Waals surface area contributed by atoms with Gasteiger partial charge >= 0.3 is 0 Å². The van der Waals surface area contributed by atoms with Crippen molar-refractivity contribution in [3.8, 4) is 5.75 Å². The molecule has 0 atom stereocenters. The smallest absolute Gasteiger partial charge is 0.220 e. The zero-order valence-electron chi connectivity index (χ0n) is 14.7. The highest BCUT2D eigenvalue weighted by molar-refractivity contribution is 5.76. The number of nitrogens with one attached hydrogen (secondary N) is 1. The molecule has 0 spiro atoms. The first-order chi connectivity index (χ1) is 12.8. The molecule has 0 aromatic heterocycles. The molecular weight excluding hydrogens is 322 g/mol. The second-order valence-electron chi connectivity index (χ2n) is 6.13. The fraction of sp³-hybridized carbons (Fsp3) is 0.174. The molecule has 1 amide bonds. The standard InChI is InChI=1S/C23H23NO2/c25-23(16-15-19-9-3-1-4-10-19)24-17-20-11-7-8-12-21(20)18-26-22-13-5-2-6-14-22/h1-14H,15-18H2,(H,24,25). The van der Waals surface area contributed by atoms with Gasteiger partial charge in [0, 0.05) is 13.0 Å². The largest absolute Gasteiger partial charge is 0.489 e. The lowest BCUT2D eigenvalue weighted by molar-refractivity contribution is -0.121. The van der Waals surface area contributed by atoms with Crippen molar-refractivity contribution in [2.24, 2.45) is 0 Å². The molecule has 0 saturated carbocycles. The van der Waals surface area contributed by atoms with E-state index in [1.807, 2.05) is 84.9 Å². The molecule has 1 N–H and O–H groups in total. The fourth-order valence-electron chi connectivity index (χ4n) is 2.73. The van der Waals surface area contributed by atoms with Crippen molar-refractivity contribution < 1.29 is 9.53 Å². The van der Waals surface area contributed by atoms with Gasteiger partial charge < -0.3 is 10.1 Å². The van der Waals surface area contributed by atoms with Gasteiger partial charge in [-0.3, -0.25) is 4.79 Å². The number of aryl methyl sites for hydroxylation is 1. The van der Waals surface area contributed by atoms with Gasteiger partial charge in [-0.1, -0.05) is 72.8 Å². The van der Waals surface area contributed by atoms with Crippen molar-refractivity contribution in [1.82, 2.24) is 5.32 Å². The van der Waals surface area contributed by atoms with E-state index in [0.717, 1.165) is 23.3 Å². The number of carbonyl (C=O) groups is 1. The van der Waals surface area contributed by atoms with Crippen molar-refractivity contribution in [3.63, 3.8) is 0 Å². The van der Waals surface area contributed by atoms with Gasteiger partial charge in [-0.15, -0.1) is 0 Å². The predicted molar refractivity (Wildman–Crippen MR) is 104 cm³/mol. The minimum Gasteiger partial charge on any atom is -0.489 e. The van der Waals surface area contributed by atoms with E-state index in [0.29, 0.717) is 19.6 Å². The number of carbonyl (C=O) groups excluding carboxylic acids is 1.